The van der Waals surface area contributed by atoms with E-state index in [-0.39, 0.29) is 24.2 Å². The highest BCUT2D eigenvalue weighted by Crippen LogP contribution is 2.30. The number of benzene rings is 1. The number of thioether (sulfide) groups is 1. The molecule has 0 N–H and O–H groups in total. The summed E-state index contributed by atoms with van der Waals surface area (Å²) >= 11 is 2.38. The molecular formula is C18H17N3O5S2. The summed E-state index contributed by atoms with van der Waals surface area (Å²) < 4.78 is 5.47. The minimum atomic E-state index is -0.837. The Morgan fingerprint density at radius 1 is 1.18 bits per heavy atom. The smallest absolute Gasteiger partial charge is 0.307 e. The van der Waals surface area contributed by atoms with Gasteiger partial charge in [0.2, 0.25) is 0 Å². The number of esters is 1. The van der Waals surface area contributed by atoms with E-state index < -0.39 is 35.4 Å². The lowest BCUT2D eigenvalue weighted by Crippen LogP contribution is -2.39. The molecule has 1 aliphatic heterocycles. The largest absolute Gasteiger partial charge is 0.466 e. The van der Waals surface area contributed by atoms with Gasteiger partial charge in [-0.2, -0.15) is 0 Å². The lowest BCUT2D eigenvalue weighted by atomic mass is 10.1. The Kier molecular flexibility index (Phi) is 6.20. The molecule has 0 saturated carbocycles. The van der Waals surface area contributed by atoms with Crippen LogP contribution in [0.2, 0.25) is 0 Å². The Labute approximate surface area is 169 Å². The van der Waals surface area contributed by atoms with E-state index in [1.807, 2.05) is 0 Å². The second kappa shape index (κ2) is 8.61. The van der Waals surface area contributed by atoms with Crippen LogP contribution in [0.25, 0.3) is 0 Å². The first kappa shape index (κ1) is 20.2. The molecule has 2 aromatic rings. The molecule has 3 rings (SSSR count). The fourth-order valence-corrected chi connectivity index (χ4v) is 4.76. The van der Waals surface area contributed by atoms with Crippen LogP contribution in [0, 0.1) is 6.92 Å². The molecule has 146 valence electrons. The maximum atomic E-state index is 12.9. The first-order chi connectivity index (χ1) is 13.4. The predicted octanol–water partition coefficient (Wildman–Crippen LogP) is 2.13. The molecule has 2 heterocycles. The quantitative estimate of drug-likeness (QED) is 0.364. The van der Waals surface area contributed by atoms with Crippen molar-refractivity contribution in [2.75, 3.05) is 13.2 Å². The van der Waals surface area contributed by atoms with Gasteiger partial charge in [0.15, 0.2) is 10.1 Å². The third-order valence-corrected chi connectivity index (χ3v) is 6.13. The van der Waals surface area contributed by atoms with Crippen LogP contribution in [-0.4, -0.2) is 57.1 Å². The van der Waals surface area contributed by atoms with Crippen LogP contribution in [0.5, 0.6) is 0 Å². The summed E-state index contributed by atoms with van der Waals surface area (Å²) in [6.07, 6.45) is -0.181. The number of nitrogens with zero attached hydrogens (tertiary/aromatic N) is 3. The van der Waals surface area contributed by atoms with Crippen molar-refractivity contribution in [3.05, 3.63) is 40.4 Å². The van der Waals surface area contributed by atoms with Gasteiger partial charge in [-0.1, -0.05) is 35.2 Å². The number of hydrogen-bond donors (Lipinski definition) is 0. The SMILES string of the molecule is CCOC(=O)C[C@@H](Sc1nnc(C)s1)C(=O)CN1C(=O)c2ccccc2C1=O. The van der Waals surface area contributed by atoms with Gasteiger partial charge in [0, 0.05) is 0 Å². The van der Waals surface area contributed by atoms with Gasteiger partial charge in [0.1, 0.15) is 5.01 Å². The number of fused-ring (bicyclic) bond motifs is 1. The van der Waals surface area contributed by atoms with Crippen molar-refractivity contribution in [1.82, 2.24) is 15.1 Å². The zero-order valence-electron chi connectivity index (χ0n) is 15.2. The highest BCUT2D eigenvalue weighted by molar-refractivity contribution is 8.02. The summed E-state index contributed by atoms with van der Waals surface area (Å²) in [7, 11) is 0. The standard InChI is InChI=1S/C18H17N3O5S2/c1-3-26-15(23)8-14(28-18-20-19-10(2)27-18)13(22)9-21-16(24)11-6-4-5-7-12(11)17(21)25/h4-7,14H,3,8-9H2,1-2H3/t14-/m1/s1. The van der Waals surface area contributed by atoms with Crippen LogP contribution >= 0.6 is 23.1 Å². The van der Waals surface area contributed by atoms with Crippen molar-refractivity contribution >= 4 is 46.7 Å². The van der Waals surface area contributed by atoms with Crippen LogP contribution in [-0.2, 0) is 14.3 Å². The molecule has 0 aliphatic carbocycles. The van der Waals surface area contributed by atoms with Crippen LogP contribution in [0.15, 0.2) is 28.6 Å². The molecule has 0 spiro atoms. The van der Waals surface area contributed by atoms with Crippen molar-refractivity contribution in [3.8, 4) is 0 Å². The Morgan fingerprint density at radius 2 is 1.82 bits per heavy atom. The van der Waals surface area contributed by atoms with E-state index in [1.165, 1.54) is 11.3 Å². The maximum Gasteiger partial charge on any atom is 0.307 e. The van der Waals surface area contributed by atoms with Crippen molar-refractivity contribution in [1.29, 1.82) is 0 Å². The van der Waals surface area contributed by atoms with E-state index >= 15 is 0 Å². The number of rotatable bonds is 8. The van der Waals surface area contributed by atoms with Gasteiger partial charge < -0.3 is 4.74 Å². The number of carbonyl (C=O) groups is 4. The van der Waals surface area contributed by atoms with Gasteiger partial charge in [-0.05, 0) is 26.0 Å². The lowest BCUT2D eigenvalue weighted by molar-refractivity contribution is -0.144. The molecule has 1 aliphatic rings. The fraction of sp³-hybridized carbons (Fsp3) is 0.333. The molecule has 8 nitrogen and oxygen atoms in total. The van der Waals surface area contributed by atoms with Gasteiger partial charge in [-0.25, -0.2) is 0 Å². The van der Waals surface area contributed by atoms with E-state index in [0.29, 0.717) is 4.34 Å². The number of aryl methyl sites for hydroxylation is 1. The number of carbonyl (C=O) groups excluding carboxylic acids is 4. The molecule has 28 heavy (non-hydrogen) atoms. The topological polar surface area (TPSA) is 107 Å². The van der Waals surface area contributed by atoms with Gasteiger partial charge >= 0.3 is 5.97 Å². The summed E-state index contributed by atoms with van der Waals surface area (Å²) in [4.78, 5) is 50.7. The number of amides is 2. The Morgan fingerprint density at radius 3 is 2.36 bits per heavy atom. The van der Waals surface area contributed by atoms with Crippen LogP contribution in [0.3, 0.4) is 0 Å². The Hall–Kier alpha value is -2.59. The highest BCUT2D eigenvalue weighted by Gasteiger charge is 2.38. The van der Waals surface area contributed by atoms with Crippen LogP contribution < -0.4 is 0 Å². The van der Waals surface area contributed by atoms with Crippen molar-refractivity contribution in [2.45, 2.75) is 29.9 Å². The van der Waals surface area contributed by atoms with Crippen molar-refractivity contribution in [3.63, 3.8) is 0 Å². The lowest BCUT2D eigenvalue weighted by Gasteiger charge is -2.17. The number of hydrogen-bond acceptors (Lipinski definition) is 9. The number of Topliss-reactive ketones (excluding diaryl/α,β-unsaturated/α-hetero) is 1. The van der Waals surface area contributed by atoms with E-state index in [0.717, 1.165) is 21.7 Å². The molecule has 2 amide bonds. The average Bonchev–Trinajstić information content (AvgIpc) is 3.18. The minimum absolute atomic E-state index is 0.181. The number of ketones is 1. The summed E-state index contributed by atoms with van der Waals surface area (Å²) in [5.74, 6) is -1.99. The van der Waals surface area contributed by atoms with Crippen LogP contribution in [0.4, 0.5) is 0 Å². The molecule has 0 radical (unpaired) electrons. The predicted molar refractivity (Wildman–Crippen MR) is 102 cm³/mol. The number of imide groups is 1. The fourth-order valence-electron chi connectivity index (χ4n) is 2.68. The van der Waals surface area contributed by atoms with Gasteiger partial charge in [-0.15, -0.1) is 10.2 Å². The summed E-state index contributed by atoms with van der Waals surface area (Å²) in [5, 5.41) is 7.76. The summed E-state index contributed by atoms with van der Waals surface area (Å²) in [5.41, 5.74) is 0.546. The Bertz CT molecular complexity index is 908. The normalized spacial score (nSPS) is 14.1. The monoisotopic (exact) mass is 419 g/mol. The third kappa shape index (κ3) is 4.28. The Balaban J connectivity index is 1.76. The second-order valence-electron chi connectivity index (χ2n) is 5.91. The molecule has 1 atom stereocenters. The van der Waals surface area contributed by atoms with E-state index in [2.05, 4.69) is 10.2 Å². The third-order valence-electron chi connectivity index (χ3n) is 3.96. The molecular weight excluding hydrogens is 402 g/mol. The van der Waals surface area contributed by atoms with Gasteiger partial charge in [-0.3, -0.25) is 24.1 Å². The van der Waals surface area contributed by atoms with Gasteiger partial charge in [0.05, 0.1) is 35.9 Å². The summed E-state index contributed by atoms with van der Waals surface area (Å²) in [6.45, 7) is 3.24. The molecule has 0 bridgehead atoms. The molecule has 1 aromatic carbocycles. The number of aromatic nitrogens is 2. The van der Waals surface area contributed by atoms with Gasteiger partial charge in [0.25, 0.3) is 11.8 Å². The maximum absolute atomic E-state index is 12.9. The first-order valence-corrected chi connectivity index (χ1v) is 10.2. The zero-order chi connectivity index (χ0) is 20.3. The van der Waals surface area contributed by atoms with E-state index in [4.69, 9.17) is 4.74 Å². The van der Waals surface area contributed by atoms with Crippen LogP contribution in [0.1, 0.15) is 39.1 Å². The van der Waals surface area contributed by atoms with Crippen molar-refractivity contribution in [2.24, 2.45) is 0 Å². The molecule has 0 fully saturated rings. The summed E-state index contributed by atoms with van der Waals surface area (Å²) in [6, 6.07) is 6.42. The zero-order valence-corrected chi connectivity index (χ0v) is 16.8. The van der Waals surface area contributed by atoms with E-state index in [9.17, 15) is 19.2 Å². The van der Waals surface area contributed by atoms with E-state index in [1.54, 1.807) is 38.1 Å². The molecule has 0 saturated heterocycles. The highest BCUT2D eigenvalue weighted by atomic mass is 32.2. The second-order valence-corrected chi connectivity index (χ2v) is 8.54. The van der Waals surface area contributed by atoms with Crippen molar-refractivity contribution < 1.29 is 23.9 Å². The average molecular weight is 419 g/mol. The number of ether oxygens (including phenoxy) is 1. The molecule has 0 unspecified atom stereocenters. The molecule has 1 aromatic heterocycles. The molecule has 10 heteroatoms. The first-order valence-electron chi connectivity index (χ1n) is 8.51. The minimum Gasteiger partial charge on any atom is -0.466 e.